The fourth-order valence-corrected chi connectivity index (χ4v) is 5.77. The first-order chi connectivity index (χ1) is 14.0. The lowest BCUT2D eigenvalue weighted by atomic mass is 10.0. The Labute approximate surface area is 172 Å². The molecule has 0 bridgehead atoms. The normalized spacial score (nSPS) is 19.0. The number of benzene rings is 2. The first kappa shape index (κ1) is 20.1. The summed E-state index contributed by atoms with van der Waals surface area (Å²) in [6, 6.07) is 15.2. The zero-order chi connectivity index (χ0) is 20.4. The van der Waals surface area contributed by atoms with Crippen molar-refractivity contribution in [3.05, 3.63) is 65.9 Å². The van der Waals surface area contributed by atoms with Crippen LogP contribution in [0, 0.1) is 0 Å². The van der Waals surface area contributed by atoms with Crippen LogP contribution in [0.1, 0.15) is 30.1 Å². The molecule has 5 nitrogen and oxygen atoms in total. The molecule has 2 unspecified atom stereocenters. The third-order valence-electron chi connectivity index (χ3n) is 6.05. The SMILES string of the molecule is COC(CS(=O)(=O)c1ccccc1)c1ccc2[nH]cc(CC3CCCN3C)c2c1. The summed E-state index contributed by atoms with van der Waals surface area (Å²) >= 11 is 0. The minimum atomic E-state index is -3.44. The van der Waals surface area contributed by atoms with Crippen LogP contribution in [-0.2, 0) is 21.0 Å². The van der Waals surface area contributed by atoms with Crippen LogP contribution in [0.2, 0.25) is 0 Å². The lowest BCUT2D eigenvalue weighted by molar-refractivity contribution is 0.122. The minimum Gasteiger partial charge on any atom is -0.376 e. The molecule has 1 aliphatic rings. The van der Waals surface area contributed by atoms with Crippen molar-refractivity contribution in [2.75, 3.05) is 26.5 Å². The largest absolute Gasteiger partial charge is 0.376 e. The van der Waals surface area contributed by atoms with Gasteiger partial charge in [-0.3, -0.25) is 0 Å². The molecule has 6 heteroatoms. The van der Waals surface area contributed by atoms with Gasteiger partial charge in [-0.1, -0.05) is 24.3 Å². The summed E-state index contributed by atoms with van der Waals surface area (Å²) in [4.78, 5) is 6.11. The number of hydrogen-bond acceptors (Lipinski definition) is 4. The van der Waals surface area contributed by atoms with E-state index in [9.17, 15) is 8.42 Å². The minimum absolute atomic E-state index is 0.0792. The number of nitrogens with zero attached hydrogens (tertiary/aromatic N) is 1. The molecule has 0 saturated carbocycles. The summed E-state index contributed by atoms with van der Waals surface area (Å²) in [6.45, 7) is 1.15. The molecule has 0 amide bonds. The first-order valence-corrected chi connectivity index (χ1v) is 11.7. The van der Waals surface area contributed by atoms with Gasteiger partial charge in [0, 0.05) is 30.3 Å². The van der Waals surface area contributed by atoms with Crippen molar-refractivity contribution < 1.29 is 13.2 Å². The van der Waals surface area contributed by atoms with E-state index < -0.39 is 15.9 Å². The molecule has 2 atom stereocenters. The van der Waals surface area contributed by atoms with E-state index in [0.717, 1.165) is 29.4 Å². The molecular formula is C23H28N2O3S. The van der Waals surface area contributed by atoms with E-state index >= 15 is 0 Å². The van der Waals surface area contributed by atoms with Crippen molar-refractivity contribution in [3.63, 3.8) is 0 Å². The molecule has 4 rings (SSSR count). The van der Waals surface area contributed by atoms with Gasteiger partial charge in [0.05, 0.1) is 16.8 Å². The number of ether oxygens (including phenoxy) is 1. The van der Waals surface area contributed by atoms with Crippen LogP contribution in [0.5, 0.6) is 0 Å². The standard InChI is InChI=1S/C23H28N2O3S/c1-25-12-6-7-19(25)13-18-15-24-22-11-10-17(14-21(18)22)23(28-2)16-29(26,27)20-8-4-3-5-9-20/h3-5,8-11,14-15,19,23-24H,6-7,12-13,16H2,1-2H3. The fourth-order valence-electron chi connectivity index (χ4n) is 4.28. The van der Waals surface area contributed by atoms with Crippen molar-refractivity contribution in [1.29, 1.82) is 0 Å². The Balaban J connectivity index is 1.61. The lowest BCUT2D eigenvalue weighted by Crippen LogP contribution is -2.26. The Morgan fingerprint density at radius 2 is 2.00 bits per heavy atom. The highest BCUT2D eigenvalue weighted by Gasteiger charge is 2.25. The average Bonchev–Trinajstić information content (AvgIpc) is 3.33. The molecular weight excluding hydrogens is 384 g/mol. The molecule has 1 N–H and O–H groups in total. The van der Waals surface area contributed by atoms with Gasteiger partial charge in [-0.05, 0) is 68.2 Å². The molecule has 0 spiro atoms. The van der Waals surface area contributed by atoms with Gasteiger partial charge in [-0.25, -0.2) is 8.42 Å². The maximum absolute atomic E-state index is 12.8. The maximum atomic E-state index is 12.8. The Kier molecular flexibility index (Phi) is 5.76. The van der Waals surface area contributed by atoms with Gasteiger partial charge in [-0.15, -0.1) is 0 Å². The zero-order valence-corrected chi connectivity index (χ0v) is 17.8. The van der Waals surface area contributed by atoms with Gasteiger partial charge >= 0.3 is 0 Å². The second-order valence-electron chi connectivity index (χ2n) is 7.92. The molecule has 29 heavy (non-hydrogen) atoms. The summed E-state index contributed by atoms with van der Waals surface area (Å²) in [5, 5.41) is 1.15. The Morgan fingerprint density at radius 1 is 1.21 bits per heavy atom. The van der Waals surface area contributed by atoms with E-state index in [1.165, 1.54) is 18.4 Å². The Bertz CT molecular complexity index is 1080. The fraction of sp³-hybridized carbons (Fsp3) is 0.391. The number of methoxy groups -OCH3 is 1. The van der Waals surface area contributed by atoms with Crippen molar-refractivity contribution in [3.8, 4) is 0 Å². The van der Waals surface area contributed by atoms with Crippen molar-refractivity contribution in [2.24, 2.45) is 0 Å². The highest BCUT2D eigenvalue weighted by Crippen LogP contribution is 2.29. The third-order valence-corrected chi connectivity index (χ3v) is 7.78. The summed E-state index contributed by atoms with van der Waals surface area (Å²) in [6.07, 6.45) is 5.04. The first-order valence-electron chi connectivity index (χ1n) is 10.1. The molecule has 154 valence electrons. The molecule has 2 heterocycles. The number of likely N-dealkylation sites (tertiary alicyclic amines) is 1. The predicted molar refractivity (Wildman–Crippen MR) is 116 cm³/mol. The van der Waals surface area contributed by atoms with Crippen LogP contribution in [0.3, 0.4) is 0 Å². The quantitative estimate of drug-likeness (QED) is 0.638. The molecule has 0 radical (unpaired) electrons. The van der Waals surface area contributed by atoms with E-state index in [2.05, 4.69) is 29.2 Å². The van der Waals surface area contributed by atoms with E-state index in [4.69, 9.17) is 4.74 Å². The number of H-pyrrole nitrogens is 1. The maximum Gasteiger partial charge on any atom is 0.181 e. The highest BCUT2D eigenvalue weighted by atomic mass is 32.2. The summed E-state index contributed by atoms with van der Waals surface area (Å²) < 4.78 is 31.3. The average molecular weight is 413 g/mol. The Hall–Kier alpha value is -2.15. The van der Waals surface area contributed by atoms with E-state index in [-0.39, 0.29) is 5.75 Å². The zero-order valence-electron chi connectivity index (χ0n) is 17.0. The van der Waals surface area contributed by atoms with Crippen LogP contribution < -0.4 is 0 Å². The number of fused-ring (bicyclic) bond motifs is 1. The summed E-state index contributed by atoms with van der Waals surface area (Å²) in [7, 11) is 0.323. The van der Waals surface area contributed by atoms with Crippen LogP contribution >= 0.6 is 0 Å². The third kappa shape index (κ3) is 4.25. The van der Waals surface area contributed by atoms with Gasteiger partial charge in [0.2, 0.25) is 0 Å². The van der Waals surface area contributed by atoms with Crippen LogP contribution in [0.25, 0.3) is 10.9 Å². The van der Waals surface area contributed by atoms with Gasteiger partial charge in [0.25, 0.3) is 0 Å². The van der Waals surface area contributed by atoms with Crippen LogP contribution in [-0.4, -0.2) is 50.8 Å². The number of hydrogen-bond donors (Lipinski definition) is 1. The topological polar surface area (TPSA) is 62.4 Å². The molecule has 3 aromatic rings. The highest BCUT2D eigenvalue weighted by molar-refractivity contribution is 7.91. The van der Waals surface area contributed by atoms with Gasteiger partial charge in [-0.2, -0.15) is 0 Å². The van der Waals surface area contributed by atoms with Crippen molar-refractivity contribution in [1.82, 2.24) is 9.88 Å². The summed E-state index contributed by atoms with van der Waals surface area (Å²) in [5.74, 6) is -0.0792. The second-order valence-corrected chi connectivity index (χ2v) is 9.95. The number of nitrogens with one attached hydrogen (secondary N) is 1. The number of likely N-dealkylation sites (N-methyl/N-ethyl adjacent to an activating group) is 1. The molecule has 1 saturated heterocycles. The monoisotopic (exact) mass is 412 g/mol. The smallest absolute Gasteiger partial charge is 0.181 e. The number of aromatic nitrogens is 1. The van der Waals surface area contributed by atoms with Crippen LogP contribution in [0.15, 0.2) is 59.6 Å². The van der Waals surface area contributed by atoms with E-state index in [0.29, 0.717) is 10.9 Å². The van der Waals surface area contributed by atoms with Crippen molar-refractivity contribution in [2.45, 2.75) is 36.3 Å². The predicted octanol–water partition coefficient (Wildman–Crippen LogP) is 3.97. The van der Waals surface area contributed by atoms with E-state index in [1.54, 1.807) is 31.4 Å². The number of aromatic amines is 1. The van der Waals surface area contributed by atoms with Gasteiger partial charge in [0.1, 0.15) is 0 Å². The number of rotatable bonds is 7. The van der Waals surface area contributed by atoms with Crippen molar-refractivity contribution >= 4 is 20.7 Å². The van der Waals surface area contributed by atoms with Gasteiger partial charge < -0.3 is 14.6 Å². The van der Waals surface area contributed by atoms with E-state index in [1.807, 2.05) is 18.2 Å². The molecule has 0 aliphatic carbocycles. The molecule has 1 aromatic heterocycles. The number of sulfone groups is 1. The van der Waals surface area contributed by atoms with Crippen LogP contribution in [0.4, 0.5) is 0 Å². The Morgan fingerprint density at radius 3 is 2.69 bits per heavy atom. The molecule has 1 fully saturated rings. The second kappa shape index (κ2) is 8.30. The summed E-state index contributed by atoms with van der Waals surface area (Å²) in [5.41, 5.74) is 3.24. The lowest BCUT2D eigenvalue weighted by Gasteiger charge is -2.19. The van der Waals surface area contributed by atoms with Gasteiger partial charge in [0.15, 0.2) is 9.84 Å². The molecule has 2 aromatic carbocycles. The molecule has 1 aliphatic heterocycles.